The highest BCUT2D eigenvalue weighted by atomic mass is 19.1. The zero-order valence-electron chi connectivity index (χ0n) is 40.3. The summed E-state index contributed by atoms with van der Waals surface area (Å²) < 4.78 is 112. The highest BCUT2D eigenvalue weighted by Crippen LogP contribution is 2.48. The number of aliphatic hydroxyl groups is 2. The number of hydrogen-bond donors (Lipinski definition) is 4. The van der Waals surface area contributed by atoms with Crippen molar-refractivity contribution in [2.24, 2.45) is 5.92 Å². The number of aromatic nitrogens is 1. The van der Waals surface area contributed by atoms with Crippen molar-refractivity contribution >= 4 is 17.6 Å². The van der Waals surface area contributed by atoms with E-state index in [4.69, 9.17) is 13.7 Å². The summed E-state index contributed by atoms with van der Waals surface area (Å²) in [5.74, 6) is -5.19. The van der Waals surface area contributed by atoms with E-state index in [2.05, 4.69) is 5.32 Å². The van der Waals surface area contributed by atoms with Gasteiger partial charge in [-0.15, -0.1) is 0 Å². The summed E-state index contributed by atoms with van der Waals surface area (Å²) in [7, 11) is 0. The van der Waals surface area contributed by atoms with Crippen LogP contribution in [0.1, 0.15) is 118 Å². The van der Waals surface area contributed by atoms with Crippen LogP contribution in [0.2, 0.25) is 0 Å². The van der Waals surface area contributed by atoms with E-state index in [0.29, 0.717) is 11.1 Å². The van der Waals surface area contributed by atoms with Crippen molar-refractivity contribution in [3.05, 3.63) is 99.3 Å². The van der Waals surface area contributed by atoms with Gasteiger partial charge in [0.05, 0.1) is 42.2 Å². The van der Waals surface area contributed by atoms with Crippen molar-refractivity contribution in [3.63, 3.8) is 0 Å². The van der Waals surface area contributed by atoms with E-state index >= 15 is 9.18 Å². The van der Waals surface area contributed by atoms with Gasteiger partial charge in [0.1, 0.15) is 5.82 Å². The van der Waals surface area contributed by atoms with E-state index in [9.17, 15) is 21.5 Å². The Morgan fingerprint density at radius 1 is 0.857 bits per heavy atom. The van der Waals surface area contributed by atoms with Crippen molar-refractivity contribution < 1.29 is 44.4 Å². The van der Waals surface area contributed by atoms with Gasteiger partial charge < -0.3 is 25.2 Å². The number of carbonyl (C=O) groups excluding carboxylic acids is 1. The highest BCUT2D eigenvalue weighted by molar-refractivity contribution is 6.13. The summed E-state index contributed by atoms with van der Waals surface area (Å²) in [4.78, 5) is 26.9. The Kier molecular flexibility index (Phi) is 7.85. The first-order valence-electron chi connectivity index (χ1n) is 21.6. The third kappa shape index (κ3) is 8.31. The number of amides is 1. The fraction of sp³-hybridized carbons (Fsp3) is 0.415. The molecule has 0 saturated heterocycles. The summed E-state index contributed by atoms with van der Waals surface area (Å²) in [6.07, 6.45) is -8.04. The van der Waals surface area contributed by atoms with Gasteiger partial charge in [0.25, 0.3) is 5.91 Å². The van der Waals surface area contributed by atoms with Crippen LogP contribution in [0.4, 0.5) is 10.1 Å². The maximum atomic E-state index is 15.4. The van der Waals surface area contributed by atoms with Crippen LogP contribution in [0.25, 0.3) is 22.4 Å². The topological polar surface area (TPSA) is 112 Å². The number of nitrogens with one attached hydrogen (secondary N) is 1. The number of rotatable bonds is 13. The molecule has 1 amide bonds. The summed E-state index contributed by atoms with van der Waals surface area (Å²) >= 11 is 0. The average Bonchev–Trinajstić information content (AvgIpc) is 3.52. The van der Waals surface area contributed by atoms with Crippen LogP contribution >= 0.6 is 0 Å². The molecule has 0 aliphatic heterocycles. The number of carboxylic acids is 1. The third-order valence-electron chi connectivity index (χ3n) is 9.06. The van der Waals surface area contributed by atoms with Gasteiger partial charge in [-0.25, -0.2) is 4.39 Å². The summed E-state index contributed by atoms with van der Waals surface area (Å²) in [5, 5.41) is 34.0. The fourth-order valence-corrected chi connectivity index (χ4v) is 5.92. The van der Waals surface area contributed by atoms with E-state index in [1.165, 1.54) is 11.5 Å². The van der Waals surface area contributed by atoms with E-state index in [0.717, 1.165) is 0 Å². The second-order valence-electron chi connectivity index (χ2n) is 13.0. The minimum absolute atomic E-state index is 0.0675. The molecular formula is C41H51FN2O5. The maximum absolute atomic E-state index is 15.4. The van der Waals surface area contributed by atoms with E-state index in [1.54, 1.807) is 41.5 Å². The summed E-state index contributed by atoms with van der Waals surface area (Å²) in [6.45, 7) is 14.5. The number of aliphatic carboxylic acids is 1. The molecule has 2 unspecified atom stereocenters. The van der Waals surface area contributed by atoms with Crippen molar-refractivity contribution in [1.82, 2.24) is 4.57 Å². The van der Waals surface area contributed by atoms with E-state index in [1.807, 2.05) is 13.8 Å². The molecule has 0 aliphatic carbocycles. The van der Waals surface area contributed by atoms with Crippen molar-refractivity contribution in [1.29, 1.82) is 0 Å². The minimum atomic E-state index is -3.14. The number of aliphatic hydroxyl groups excluding tert-OH is 2. The first kappa shape index (κ1) is 24.8. The number of hydrogen-bond acceptors (Lipinski definition) is 4. The molecule has 7 nitrogen and oxygen atoms in total. The number of carbonyl (C=O) groups is 2. The molecule has 0 aliphatic rings. The molecule has 0 fully saturated rings. The Morgan fingerprint density at radius 2 is 1.55 bits per heavy atom. The Hall–Kier alpha value is -4.27. The third-order valence-corrected chi connectivity index (χ3v) is 9.06. The number of nitrogens with zero attached hydrogens (tertiary/aromatic N) is 1. The van der Waals surface area contributed by atoms with Gasteiger partial charge >= 0.3 is 5.97 Å². The monoisotopic (exact) mass is 681 g/mol. The molecule has 4 aromatic rings. The number of anilines is 1. The van der Waals surface area contributed by atoms with Crippen LogP contribution in [0, 0.1) is 46.4 Å². The molecule has 0 spiro atoms. The van der Waals surface area contributed by atoms with E-state index in [-0.39, 0.29) is 86.5 Å². The molecule has 4 N–H and O–H groups in total. The molecule has 1 aromatic heterocycles. The van der Waals surface area contributed by atoms with Crippen LogP contribution in [-0.4, -0.2) is 44.0 Å². The number of halogens is 1. The Morgan fingerprint density at radius 3 is 2.20 bits per heavy atom. The average molecular weight is 682 g/mol. The number of benzene rings is 3. The zero-order valence-corrected chi connectivity index (χ0v) is 29.3. The summed E-state index contributed by atoms with van der Waals surface area (Å²) in [5.41, 5.74) is 0.118. The van der Waals surface area contributed by atoms with Gasteiger partial charge in [0.2, 0.25) is 0 Å². The number of carboxylic acid groups (broad SMARTS) is 1. The lowest BCUT2D eigenvalue weighted by Gasteiger charge is -2.28. The first-order valence-corrected chi connectivity index (χ1v) is 16.1. The van der Waals surface area contributed by atoms with Crippen molar-refractivity contribution in [3.8, 4) is 22.4 Å². The van der Waals surface area contributed by atoms with Gasteiger partial charge in [-0.1, -0.05) is 44.9 Å². The fourth-order valence-electron chi connectivity index (χ4n) is 5.92. The second kappa shape index (κ2) is 15.5. The predicted octanol–water partition coefficient (Wildman–Crippen LogP) is 9.05. The smallest absolute Gasteiger partial charge is 0.305 e. The lowest BCUT2D eigenvalue weighted by molar-refractivity contribution is -0.139. The molecule has 1 heterocycles. The van der Waals surface area contributed by atoms with Crippen LogP contribution < -0.4 is 5.32 Å². The Bertz CT molecular complexity index is 2330. The zero-order chi connectivity index (χ0) is 45.9. The molecule has 4 atom stereocenters. The Balaban J connectivity index is 2.34. The quantitative estimate of drug-likeness (QED) is 0.113. The molecule has 262 valence electrons. The summed E-state index contributed by atoms with van der Waals surface area (Å²) in [6, 6.07) is -5.76. The predicted molar refractivity (Wildman–Crippen MR) is 195 cm³/mol. The minimum Gasteiger partial charge on any atom is -0.481 e. The van der Waals surface area contributed by atoms with Gasteiger partial charge in [-0.2, -0.15) is 0 Å². The molecular weight excluding hydrogens is 619 g/mol. The van der Waals surface area contributed by atoms with Gasteiger partial charge in [-0.05, 0) is 130 Å². The van der Waals surface area contributed by atoms with Crippen LogP contribution in [0.15, 0.2) is 54.4 Å². The SMILES string of the molecule is [2H]c1c([2H])c(C)c(C)c(-c2c(C(=O)Nc3c([2H])c([2H])c(C)c(C)c3[2H])c(C(C)C(C)C)n(C(C)C[C@@H](O)C[C@@H](O)C([2H])([2H])C(=O)O)c2-c2c([2H])c([2H])c(F)c([2H])c2C)c1[2H]. The molecule has 0 bridgehead atoms. The van der Waals surface area contributed by atoms with Crippen LogP contribution in [-0.2, 0) is 4.79 Å². The van der Waals surface area contributed by atoms with Gasteiger partial charge in [0, 0.05) is 31.3 Å². The molecule has 8 heteroatoms. The molecule has 3 aromatic carbocycles. The van der Waals surface area contributed by atoms with Crippen LogP contribution in [0.3, 0.4) is 0 Å². The lowest BCUT2D eigenvalue weighted by Crippen LogP contribution is -2.25. The maximum Gasteiger partial charge on any atom is 0.305 e. The molecule has 0 saturated carbocycles. The largest absolute Gasteiger partial charge is 0.481 e. The Labute approximate surface area is 305 Å². The van der Waals surface area contributed by atoms with Gasteiger partial charge in [-0.3, -0.25) is 9.59 Å². The van der Waals surface area contributed by atoms with Gasteiger partial charge in [0.15, 0.2) is 0 Å². The molecule has 4 rings (SSSR count). The molecule has 49 heavy (non-hydrogen) atoms. The second-order valence-corrected chi connectivity index (χ2v) is 13.0. The lowest BCUT2D eigenvalue weighted by atomic mass is 9.87. The van der Waals surface area contributed by atoms with E-state index < -0.39 is 90.9 Å². The highest BCUT2D eigenvalue weighted by Gasteiger charge is 2.35. The van der Waals surface area contributed by atoms with Crippen molar-refractivity contribution in [2.45, 2.75) is 106 Å². The van der Waals surface area contributed by atoms with Crippen LogP contribution in [0.5, 0.6) is 0 Å². The normalized spacial score (nSPS) is 17.5. The first-order chi connectivity index (χ1) is 27.5. The molecule has 0 radical (unpaired) electrons. The standard InChI is InChI=1S/C41H51FN2O5/c1-22(2)28(8)39-38(41(49)43-31-15-13-23(3)25(5)18-31)37(35-12-10-11-24(4)29(35)9)40(34-16-14-30(42)17-26(34)6)44(39)27(7)19-32(45)20-33(46)21-36(47)48/h10-18,22,27-28,32-33,45-46H,19-21H2,1-9H3,(H,43,49)(H,47,48)/t27?,28?,32-,33-/m1/s1/i10D,11D,12D,13D,14D,15D,16D,17D,18D,21D2. The van der Waals surface area contributed by atoms with Crippen molar-refractivity contribution in [2.75, 3.05) is 5.32 Å².